The van der Waals surface area contributed by atoms with E-state index in [2.05, 4.69) is 256 Å². The lowest BCUT2D eigenvalue weighted by molar-refractivity contribution is 0.332. The van der Waals surface area contributed by atoms with Crippen molar-refractivity contribution in [1.29, 1.82) is 0 Å². The molecule has 12 rings (SSSR count). The molecule has 0 amide bonds. The maximum Gasteiger partial charge on any atom is 0.0714 e. The maximum absolute atomic E-state index is 2.51. The van der Waals surface area contributed by atoms with Gasteiger partial charge < -0.3 is 9.47 Å². The second kappa shape index (κ2) is 14.8. The summed E-state index contributed by atoms with van der Waals surface area (Å²) in [6.07, 6.45) is 2.37. The third-order valence-electron chi connectivity index (χ3n) is 14.9. The first-order valence-electron chi connectivity index (χ1n) is 23.2. The SMILES string of the molecule is CC1(C)CCC(C)(C)c2cc(-n3c4ccccc4c4ccc(N(c5ccc(-c6ccccc6)cc5)c5cccc(C6(c7ccccc7)c7ccccc7-c7ccccc76)c5)cc43)ccc21. The fourth-order valence-corrected chi connectivity index (χ4v) is 11.6. The number of aromatic nitrogens is 1. The van der Waals surface area contributed by atoms with Crippen LogP contribution in [0.1, 0.15) is 73.9 Å². The van der Waals surface area contributed by atoms with Gasteiger partial charge in [0.15, 0.2) is 0 Å². The van der Waals surface area contributed by atoms with Crippen LogP contribution in [0.25, 0.3) is 49.7 Å². The molecule has 0 spiro atoms. The molecule has 0 unspecified atom stereocenters. The van der Waals surface area contributed by atoms with Gasteiger partial charge in [-0.15, -0.1) is 0 Å². The molecule has 0 bridgehead atoms. The number of anilines is 3. The summed E-state index contributed by atoms with van der Waals surface area (Å²) in [7, 11) is 0. The van der Waals surface area contributed by atoms with E-state index in [9.17, 15) is 0 Å². The lowest BCUT2D eigenvalue weighted by Gasteiger charge is -2.42. The lowest BCUT2D eigenvalue weighted by Crippen LogP contribution is -2.33. The molecule has 10 aromatic rings. The second-order valence-corrected chi connectivity index (χ2v) is 19.6. The van der Waals surface area contributed by atoms with Crippen molar-refractivity contribution in [2.24, 2.45) is 0 Å². The Morgan fingerprint density at radius 1 is 0.369 bits per heavy atom. The van der Waals surface area contributed by atoms with E-state index in [4.69, 9.17) is 0 Å². The van der Waals surface area contributed by atoms with Gasteiger partial charge in [-0.25, -0.2) is 0 Å². The largest absolute Gasteiger partial charge is 0.310 e. The summed E-state index contributed by atoms with van der Waals surface area (Å²) in [5.74, 6) is 0. The summed E-state index contributed by atoms with van der Waals surface area (Å²) < 4.78 is 2.51. The van der Waals surface area contributed by atoms with Gasteiger partial charge in [-0.05, 0) is 134 Å². The summed E-state index contributed by atoms with van der Waals surface area (Å²) in [6, 6.07) is 81.5. The van der Waals surface area contributed by atoms with Gasteiger partial charge in [0.2, 0.25) is 0 Å². The van der Waals surface area contributed by atoms with Crippen molar-refractivity contribution >= 4 is 38.9 Å². The highest BCUT2D eigenvalue weighted by Gasteiger charge is 2.46. The normalized spacial score (nSPS) is 15.3. The fourth-order valence-electron chi connectivity index (χ4n) is 11.6. The van der Waals surface area contributed by atoms with Crippen LogP contribution in [-0.4, -0.2) is 4.57 Å². The van der Waals surface area contributed by atoms with E-state index in [1.165, 1.54) is 96.0 Å². The maximum atomic E-state index is 2.51. The molecule has 0 radical (unpaired) electrons. The molecule has 9 aromatic carbocycles. The standard InChI is InChI=1S/C63H52N2/c1-61(2)38-39-62(3,4)58-41-49(35-37-57(58)61)65-59-29-16-13-26-53(59)54-36-34-50(42-60(54)65)64(47-32-30-44(31-33-47)43-18-7-5-8-19-43)48-23-17-22-46(40-48)63(45-20-9-6-10-21-45)55-27-14-11-24-51(55)52-25-12-15-28-56(52)63/h5-37,40-42H,38-39H2,1-4H3. The van der Waals surface area contributed by atoms with E-state index >= 15 is 0 Å². The zero-order valence-electron chi connectivity index (χ0n) is 37.6. The molecule has 65 heavy (non-hydrogen) atoms. The summed E-state index contributed by atoms with van der Waals surface area (Å²) in [5.41, 5.74) is 19.7. The molecule has 0 aliphatic heterocycles. The van der Waals surface area contributed by atoms with Crippen LogP contribution < -0.4 is 4.90 Å². The van der Waals surface area contributed by atoms with Crippen molar-refractivity contribution in [2.45, 2.75) is 56.8 Å². The Morgan fingerprint density at radius 2 is 0.923 bits per heavy atom. The number of benzene rings is 9. The van der Waals surface area contributed by atoms with E-state index in [0.29, 0.717) is 0 Å². The average molecular weight is 837 g/mol. The highest BCUT2D eigenvalue weighted by atomic mass is 15.1. The first-order chi connectivity index (χ1) is 31.7. The average Bonchev–Trinajstić information content (AvgIpc) is 3.84. The summed E-state index contributed by atoms with van der Waals surface area (Å²) in [5, 5.41) is 2.51. The molecule has 1 heterocycles. The first kappa shape index (κ1) is 39.2. The van der Waals surface area contributed by atoms with Crippen molar-refractivity contribution in [2.75, 3.05) is 4.90 Å². The van der Waals surface area contributed by atoms with Gasteiger partial charge in [-0.1, -0.05) is 191 Å². The molecular formula is C63H52N2. The molecular weight excluding hydrogens is 785 g/mol. The number of hydrogen-bond acceptors (Lipinski definition) is 1. The van der Waals surface area contributed by atoms with Crippen molar-refractivity contribution in [3.63, 3.8) is 0 Å². The lowest BCUT2D eigenvalue weighted by atomic mass is 9.63. The zero-order valence-corrected chi connectivity index (χ0v) is 37.6. The van der Waals surface area contributed by atoms with Crippen LogP contribution in [-0.2, 0) is 16.2 Å². The van der Waals surface area contributed by atoms with E-state index < -0.39 is 5.41 Å². The summed E-state index contributed by atoms with van der Waals surface area (Å²) in [6.45, 7) is 9.67. The molecule has 2 aliphatic carbocycles. The molecule has 0 saturated carbocycles. The van der Waals surface area contributed by atoms with Crippen molar-refractivity contribution in [3.05, 3.63) is 252 Å². The molecule has 2 heteroatoms. The number of fused-ring (bicyclic) bond motifs is 7. The minimum atomic E-state index is -0.515. The van der Waals surface area contributed by atoms with Gasteiger partial charge in [0, 0.05) is 33.5 Å². The number of para-hydroxylation sites is 1. The molecule has 314 valence electrons. The van der Waals surface area contributed by atoms with Crippen LogP contribution in [0.4, 0.5) is 17.1 Å². The van der Waals surface area contributed by atoms with Crippen LogP contribution in [0.2, 0.25) is 0 Å². The molecule has 0 atom stereocenters. The third-order valence-corrected chi connectivity index (χ3v) is 14.9. The molecule has 2 nitrogen and oxygen atoms in total. The van der Waals surface area contributed by atoms with Gasteiger partial charge >= 0.3 is 0 Å². The van der Waals surface area contributed by atoms with Crippen molar-refractivity contribution in [1.82, 2.24) is 4.57 Å². The van der Waals surface area contributed by atoms with Crippen LogP contribution >= 0.6 is 0 Å². The van der Waals surface area contributed by atoms with Crippen LogP contribution in [0.3, 0.4) is 0 Å². The predicted molar refractivity (Wildman–Crippen MR) is 273 cm³/mol. The Hall–Kier alpha value is -7.42. The zero-order chi connectivity index (χ0) is 43.9. The molecule has 1 aromatic heterocycles. The van der Waals surface area contributed by atoms with E-state index in [1.807, 2.05) is 0 Å². The third kappa shape index (κ3) is 6.07. The Balaban J connectivity index is 1.09. The quantitative estimate of drug-likeness (QED) is 0.155. The Morgan fingerprint density at radius 3 is 1.65 bits per heavy atom. The Kier molecular flexibility index (Phi) is 8.94. The minimum Gasteiger partial charge on any atom is -0.310 e. The van der Waals surface area contributed by atoms with Gasteiger partial charge in [-0.3, -0.25) is 0 Å². The first-order valence-corrected chi connectivity index (χ1v) is 23.2. The smallest absolute Gasteiger partial charge is 0.0714 e. The van der Waals surface area contributed by atoms with Gasteiger partial charge in [0.1, 0.15) is 0 Å². The number of hydrogen-bond donors (Lipinski definition) is 0. The van der Waals surface area contributed by atoms with Crippen LogP contribution in [0, 0.1) is 0 Å². The second-order valence-electron chi connectivity index (χ2n) is 19.6. The van der Waals surface area contributed by atoms with Crippen LogP contribution in [0.5, 0.6) is 0 Å². The number of nitrogens with zero attached hydrogens (tertiary/aromatic N) is 2. The highest BCUT2D eigenvalue weighted by molar-refractivity contribution is 6.10. The Bertz CT molecular complexity index is 3380. The van der Waals surface area contributed by atoms with E-state index in [0.717, 1.165) is 17.1 Å². The van der Waals surface area contributed by atoms with Crippen LogP contribution in [0.15, 0.2) is 218 Å². The minimum absolute atomic E-state index is 0.0932. The fraction of sp³-hybridized carbons (Fsp3) is 0.143. The molecule has 0 saturated heterocycles. The molecule has 0 fully saturated rings. The van der Waals surface area contributed by atoms with E-state index in [1.54, 1.807) is 0 Å². The van der Waals surface area contributed by atoms with Crippen molar-refractivity contribution < 1.29 is 0 Å². The monoisotopic (exact) mass is 836 g/mol. The van der Waals surface area contributed by atoms with Crippen molar-refractivity contribution in [3.8, 4) is 27.9 Å². The number of rotatable bonds is 7. The van der Waals surface area contributed by atoms with Gasteiger partial charge in [-0.2, -0.15) is 0 Å². The highest BCUT2D eigenvalue weighted by Crippen LogP contribution is 2.57. The topological polar surface area (TPSA) is 8.17 Å². The molecule has 2 aliphatic rings. The Labute approximate surface area is 383 Å². The summed E-state index contributed by atoms with van der Waals surface area (Å²) in [4.78, 5) is 2.46. The summed E-state index contributed by atoms with van der Waals surface area (Å²) >= 11 is 0. The van der Waals surface area contributed by atoms with Gasteiger partial charge in [0.05, 0.1) is 16.4 Å². The van der Waals surface area contributed by atoms with E-state index in [-0.39, 0.29) is 10.8 Å². The molecule has 0 N–H and O–H groups in total. The predicted octanol–water partition coefficient (Wildman–Crippen LogP) is 16.6. The van der Waals surface area contributed by atoms with Gasteiger partial charge in [0.25, 0.3) is 0 Å².